The third-order valence-electron chi connectivity index (χ3n) is 2.33. The molecule has 0 aliphatic carbocycles. The average Bonchev–Trinajstić information content (AvgIpc) is 2.62. The highest BCUT2D eigenvalue weighted by molar-refractivity contribution is 5.76. The van der Waals surface area contributed by atoms with Crippen LogP contribution in [-0.2, 0) is 4.79 Å². The van der Waals surface area contributed by atoms with Gasteiger partial charge in [0.2, 0.25) is 6.79 Å². The van der Waals surface area contributed by atoms with Crippen molar-refractivity contribution in [2.75, 3.05) is 6.79 Å². The number of fused-ring (bicyclic) bond motifs is 1. The summed E-state index contributed by atoms with van der Waals surface area (Å²) in [4.78, 5) is 10.9. The fraction of sp³-hybridized carbons (Fsp3) is 0.364. The van der Waals surface area contributed by atoms with Gasteiger partial charge in [-0.05, 0) is 24.6 Å². The lowest BCUT2D eigenvalue weighted by Gasteiger charge is -2.10. The molecule has 4 heteroatoms. The first kappa shape index (κ1) is 9.98. The molecule has 1 unspecified atom stereocenters. The SMILES string of the molecule is CC(=O)CC(N)c1ccc2c(c1)OCO2. The molecular formula is C11H13NO3. The third-order valence-corrected chi connectivity index (χ3v) is 2.33. The maximum Gasteiger partial charge on any atom is 0.231 e. The van der Waals surface area contributed by atoms with Crippen LogP contribution in [0.15, 0.2) is 18.2 Å². The number of ether oxygens (including phenoxy) is 2. The summed E-state index contributed by atoms with van der Waals surface area (Å²) in [5, 5.41) is 0. The van der Waals surface area contributed by atoms with E-state index in [4.69, 9.17) is 15.2 Å². The van der Waals surface area contributed by atoms with Gasteiger partial charge >= 0.3 is 0 Å². The molecule has 2 rings (SSSR count). The summed E-state index contributed by atoms with van der Waals surface area (Å²) in [5.74, 6) is 1.51. The molecule has 0 bridgehead atoms. The number of ketones is 1. The van der Waals surface area contributed by atoms with E-state index in [-0.39, 0.29) is 18.6 Å². The van der Waals surface area contributed by atoms with E-state index in [0.29, 0.717) is 12.2 Å². The molecule has 0 radical (unpaired) electrons. The number of nitrogens with two attached hydrogens (primary N) is 1. The Balaban J connectivity index is 2.19. The number of Topliss-reactive ketones (excluding diaryl/α,β-unsaturated/α-hetero) is 1. The van der Waals surface area contributed by atoms with Gasteiger partial charge in [0.25, 0.3) is 0 Å². The van der Waals surface area contributed by atoms with Gasteiger partial charge in [-0.25, -0.2) is 0 Å². The van der Waals surface area contributed by atoms with Crippen molar-refractivity contribution in [1.82, 2.24) is 0 Å². The van der Waals surface area contributed by atoms with Gasteiger partial charge in [0.15, 0.2) is 11.5 Å². The van der Waals surface area contributed by atoms with Gasteiger partial charge < -0.3 is 15.2 Å². The highest BCUT2D eigenvalue weighted by Crippen LogP contribution is 2.34. The topological polar surface area (TPSA) is 61.6 Å². The van der Waals surface area contributed by atoms with Crippen molar-refractivity contribution in [2.24, 2.45) is 5.73 Å². The Morgan fingerprint density at radius 3 is 2.93 bits per heavy atom. The second kappa shape index (κ2) is 3.90. The van der Waals surface area contributed by atoms with E-state index in [9.17, 15) is 4.79 Å². The van der Waals surface area contributed by atoms with E-state index in [0.717, 1.165) is 11.3 Å². The van der Waals surface area contributed by atoms with E-state index < -0.39 is 0 Å². The van der Waals surface area contributed by atoms with Gasteiger partial charge in [0.05, 0.1) is 0 Å². The van der Waals surface area contributed by atoms with Crippen molar-refractivity contribution in [3.8, 4) is 11.5 Å². The normalized spacial score (nSPS) is 15.1. The minimum absolute atomic E-state index is 0.0835. The van der Waals surface area contributed by atoms with Crippen molar-refractivity contribution in [3.63, 3.8) is 0 Å². The minimum Gasteiger partial charge on any atom is -0.454 e. The van der Waals surface area contributed by atoms with Crippen molar-refractivity contribution >= 4 is 5.78 Å². The third kappa shape index (κ3) is 2.10. The molecule has 15 heavy (non-hydrogen) atoms. The summed E-state index contributed by atoms with van der Waals surface area (Å²) in [6.45, 7) is 1.79. The second-order valence-corrected chi connectivity index (χ2v) is 3.63. The molecular weight excluding hydrogens is 194 g/mol. The van der Waals surface area contributed by atoms with Crippen LogP contribution < -0.4 is 15.2 Å². The summed E-state index contributed by atoms with van der Waals surface area (Å²) in [6, 6.07) is 5.24. The largest absolute Gasteiger partial charge is 0.454 e. The monoisotopic (exact) mass is 207 g/mol. The molecule has 1 atom stereocenters. The van der Waals surface area contributed by atoms with Crippen molar-refractivity contribution < 1.29 is 14.3 Å². The Hall–Kier alpha value is -1.55. The van der Waals surface area contributed by atoms with Gasteiger partial charge in [-0.3, -0.25) is 4.79 Å². The molecule has 1 aromatic rings. The lowest BCUT2D eigenvalue weighted by molar-refractivity contribution is -0.117. The van der Waals surface area contributed by atoms with Crippen LogP contribution >= 0.6 is 0 Å². The number of carbonyl (C=O) groups excluding carboxylic acids is 1. The van der Waals surface area contributed by atoms with Gasteiger partial charge in [0.1, 0.15) is 5.78 Å². The molecule has 0 saturated heterocycles. The first-order valence-corrected chi connectivity index (χ1v) is 4.81. The Morgan fingerprint density at radius 2 is 2.20 bits per heavy atom. The average molecular weight is 207 g/mol. The van der Waals surface area contributed by atoms with Crippen LogP contribution in [0.4, 0.5) is 0 Å². The molecule has 1 aliphatic heterocycles. The molecule has 0 amide bonds. The lowest BCUT2D eigenvalue weighted by atomic mass is 10.0. The van der Waals surface area contributed by atoms with Gasteiger partial charge in [-0.1, -0.05) is 6.07 Å². The van der Waals surface area contributed by atoms with Crippen LogP contribution in [0.5, 0.6) is 11.5 Å². The minimum atomic E-state index is -0.267. The molecule has 0 spiro atoms. The smallest absolute Gasteiger partial charge is 0.231 e. The Morgan fingerprint density at radius 1 is 1.47 bits per heavy atom. The Kier molecular flexibility index (Phi) is 2.60. The quantitative estimate of drug-likeness (QED) is 0.813. The number of carbonyl (C=O) groups is 1. The zero-order valence-corrected chi connectivity index (χ0v) is 8.53. The van der Waals surface area contributed by atoms with Crippen LogP contribution in [0.3, 0.4) is 0 Å². The molecule has 1 aromatic carbocycles. The first-order valence-electron chi connectivity index (χ1n) is 4.81. The first-order chi connectivity index (χ1) is 7.16. The highest BCUT2D eigenvalue weighted by Gasteiger charge is 2.16. The van der Waals surface area contributed by atoms with Crippen LogP contribution in [0.25, 0.3) is 0 Å². The lowest BCUT2D eigenvalue weighted by Crippen LogP contribution is -2.13. The molecule has 0 saturated carbocycles. The highest BCUT2D eigenvalue weighted by atomic mass is 16.7. The summed E-state index contributed by atoms with van der Waals surface area (Å²) >= 11 is 0. The van der Waals surface area contributed by atoms with E-state index in [1.54, 1.807) is 0 Å². The molecule has 4 nitrogen and oxygen atoms in total. The predicted octanol–water partition coefficient (Wildman–Crippen LogP) is 1.39. The van der Waals surface area contributed by atoms with Crippen molar-refractivity contribution in [3.05, 3.63) is 23.8 Å². The van der Waals surface area contributed by atoms with Gasteiger partial charge in [-0.15, -0.1) is 0 Å². The maximum atomic E-state index is 10.9. The molecule has 2 N–H and O–H groups in total. The number of hydrogen-bond acceptors (Lipinski definition) is 4. The molecule has 0 fully saturated rings. The van der Waals surface area contributed by atoms with E-state index >= 15 is 0 Å². The summed E-state index contributed by atoms with van der Waals surface area (Å²) in [7, 11) is 0. The maximum absolute atomic E-state index is 10.9. The van der Waals surface area contributed by atoms with Crippen LogP contribution in [0.1, 0.15) is 24.9 Å². The fourth-order valence-electron chi connectivity index (χ4n) is 1.57. The van der Waals surface area contributed by atoms with Crippen molar-refractivity contribution in [1.29, 1.82) is 0 Å². The Bertz CT molecular complexity index is 389. The zero-order valence-electron chi connectivity index (χ0n) is 8.53. The number of hydrogen-bond donors (Lipinski definition) is 1. The van der Waals surface area contributed by atoms with Crippen LogP contribution in [-0.4, -0.2) is 12.6 Å². The molecule has 80 valence electrons. The van der Waals surface area contributed by atoms with E-state index in [1.807, 2.05) is 18.2 Å². The van der Waals surface area contributed by atoms with Crippen LogP contribution in [0.2, 0.25) is 0 Å². The summed E-state index contributed by atoms with van der Waals surface area (Å²) < 4.78 is 10.4. The molecule has 1 aliphatic rings. The van der Waals surface area contributed by atoms with E-state index in [2.05, 4.69) is 0 Å². The van der Waals surface area contributed by atoms with Gasteiger partial charge in [0, 0.05) is 12.5 Å². The van der Waals surface area contributed by atoms with E-state index in [1.165, 1.54) is 6.92 Å². The number of rotatable bonds is 3. The predicted molar refractivity (Wildman–Crippen MR) is 54.8 cm³/mol. The van der Waals surface area contributed by atoms with Crippen LogP contribution in [0, 0.1) is 0 Å². The standard InChI is InChI=1S/C11H13NO3/c1-7(13)4-9(12)8-2-3-10-11(5-8)15-6-14-10/h2-3,5,9H,4,6,12H2,1H3. The summed E-state index contributed by atoms with van der Waals surface area (Å²) in [5.41, 5.74) is 6.77. The molecule has 1 heterocycles. The molecule has 0 aromatic heterocycles. The van der Waals surface area contributed by atoms with Crippen molar-refractivity contribution in [2.45, 2.75) is 19.4 Å². The van der Waals surface area contributed by atoms with Gasteiger partial charge in [-0.2, -0.15) is 0 Å². The number of benzene rings is 1. The Labute approximate surface area is 88.0 Å². The second-order valence-electron chi connectivity index (χ2n) is 3.63. The summed E-state index contributed by atoms with van der Waals surface area (Å²) in [6.07, 6.45) is 0.347. The zero-order chi connectivity index (χ0) is 10.8. The fourth-order valence-corrected chi connectivity index (χ4v) is 1.57.